The van der Waals surface area contributed by atoms with Crippen LogP contribution in [0.4, 0.5) is 0 Å². The van der Waals surface area contributed by atoms with Gasteiger partial charge in [0.2, 0.25) is 0 Å². The van der Waals surface area contributed by atoms with Gasteiger partial charge in [-0.05, 0) is 76.1 Å². The summed E-state index contributed by atoms with van der Waals surface area (Å²) in [6.45, 7) is 4.64. The first-order chi connectivity index (χ1) is 12.5. The molecule has 0 aromatic carbocycles. The van der Waals surface area contributed by atoms with Crippen LogP contribution in [-0.2, 0) is 4.74 Å². The largest absolute Gasteiger partial charge is 0.376 e. The van der Waals surface area contributed by atoms with Crippen molar-refractivity contribution in [2.24, 2.45) is 17.8 Å². The molecule has 5 nitrogen and oxygen atoms in total. The molecule has 1 aliphatic heterocycles. The van der Waals surface area contributed by atoms with E-state index in [-0.39, 0.29) is 5.91 Å². The minimum atomic E-state index is 0.132. The summed E-state index contributed by atoms with van der Waals surface area (Å²) in [5.41, 5.74) is 1.75. The van der Waals surface area contributed by atoms with Gasteiger partial charge in [0.05, 0.1) is 11.7 Å². The van der Waals surface area contributed by atoms with Crippen molar-refractivity contribution in [3.63, 3.8) is 0 Å². The number of ether oxygens (including phenoxy) is 1. The van der Waals surface area contributed by atoms with Crippen molar-refractivity contribution in [3.8, 4) is 0 Å². The minimum absolute atomic E-state index is 0.132. The average Bonchev–Trinajstić information content (AvgIpc) is 3.35. The lowest BCUT2D eigenvalue weighted by Gasteiger charge is -2.41. The molecular formula is C21H31N3O2. The van der Waals surface area contributed by atoms with Gasteiger partial charge in [0.15, 0.2) is 0 Å². The van der Waals surface area contributed by atoms with Gasteiger partial charge in [-0.15, -0.1) is 0 Å². The maximum atomic E-state index is 12.9. The minimum Gasteiger partial charge on any atom is -0.376 e. The Balaban J connectivity index is 1.42. The van der Waals surface area contributed by atoms with Crippen molar-refractivity contribution in [2.45, 2.75) is 44.8 Å². The third-order valence-electron chi connectivity index (χ3n) is 6.40. The van der Waals surface area contributed by atoms with Crippen LogP contribution >= 0.6 is 0 Å². The molecule has 2 saturated carbocycles. The van der Waals surface area contributed by atoms with Crippen molar-refractivity contribution in [3.05, 3.63) is 29.6 Å². The van der Waals surface area contributed by atoms with Gasteiger partial charge in [0, 0.05) is 38.1 Å². The monoisotopic (exact) mass is 357 g/mol. The van der Waals surface area contributed by atoms with E-state index in [1.807, 2.05) is 17.9 Å². The lowest BCUT2D eigenvalue weighted by atomic mass is 9.77. The highest BCUT2D eigenvalue weighted by Crippen LogP contribution is 2.40. The van der Waals surface area contributed by atoms with Gasteiger partial charge in [0.25, 0.3) is 5.91 Å². The molecule has 0 N–H and O–H groups in total. The number of likely N-dealkylation sites (N-methyl/N-ethyl adjacent to an activating group) is 1. The van der Waals surface area contributed by atoms with E-state index in [0.29, 0.717) is 29.5 Å². The van der Waals surface area contributed by atoms with Crippen LogP contribution in [0.2, 0.25) is 0 Å². The smallest absolute Gasteiger partial charge is 0.255 e. The Morgan fingerprint density at radius 2 is 1.96 bits per heavy atom. The fourth-order valence-electron chi connectivity index (χ4n) is 4.68. The van der Waals surface area contributed by atoms with Crippen LogP contribution in [0.1, 0.15) is 41.6 Å². The standard InChI is InChI=1S/C21H31N3O2/c1-14-6-16(10-22-9-14)21(25)24-11-17-7-19(23(2)3)20(8-18(17)12-24)26-13-15-4-5-15/h6,9-10,15,17-20H,4-5,7-8,11-13H2,1-3H3/t17-,18+,19-,20-/m1/s1. The molecule has 0 unspecified atom stereocenters. The van der Waals surface area contributed by atoms with E-state index < -0.39 is 0 Å². The van der Waals surface area contributed by atoms with E-state index in [4.69, 9.17) is 4.74 Å². The van der Waals surface area contributed by atoms with E-state index in [1.54, 1.807) is 12.4 Å². The topological polar surface area (TPSA) is 45.7 Å². The van der Waals surface area contributed by atoms with Crippen LogP contribution in [-0.4, -0.2) is 66.6 Å². The molecule has 2 heterocycles. The van der Waals surface area contributed by atoms with Gasteiger partial charge in [-0.25, -0.2) is 0 Å². The highest BCUT2D eigenvalue weighted by atomic mass is 16.5. The Morgan fingerprint density at radius 1 is 1.23 bits per heavy atom. The molecule has 1 aromatic rings. The predicted octanol–water partition coefficient (Wildman–Crippen LogP) is 2.60. The Labute approximate surface area is 156 Å². The first-order valence-electron chi connectivity index (χ1n) is 10.00. The van der Waals surface area contributed by atoms with Crippen LogP contribution in [0.15, 0.2) is 18.5 Å². The second-order valence-electron chi connectivity index (χ2n) is 8.80. The third-order valence-corrected chi connectivity index (χ3v) is 6.40. The zero-order valence-electron chi connectivity index (χ0n) is 16.2. The first kappa shape index (κ1) is 17.9. The maximum Gasteiger partial charge on any atom is 0.255 e. The summed E-state index contributed by atoms with van der Waals surface area (Å²) in [6, 6.07) is 2.41. The number of aryl methyl sites for hydroxylation is 1. The summed E-state index contributed by atoms with van der Waals surface area (Å²) in [5, 5.41) is 0. The lowest BCUT2D eigenvalue weighted by Crippen LogP contribution is -2.48. The van der Waals surface area contributed by atoms with Crippen molar-refractivity contribution < 1.29 is 9.53 Å². The molecule has 142 valence electrons. The van der Waals surface area contributed by atoms with E-state index in [1.165, 1.54) is 12.8 Å². The van der Waals surface area contributed by atoms with E-state index in [2.05, 4.69) is 24.0 Å². The van der Waals surface area contributed by atoms with Crippen molar-refractivity contribution in [2.75, 3.05) is 33.8 Å². The molecule has 1 amide bonds. The molecule has 26 heavy (non-hydrogen) atoms. The Morgan fingerprint density at radius 3 is 2.62 bits per heavy atom. The summed E-state index contributed by atoms with van der Waals surface area (Å²) >= 11 is 0. The zero-order chi connectivity index (χ0) is 18.3. The fourth-order valence-corrected chi connectivity index (χ4v) is 4.68. The third kappa shape index (κ3) is 3.79. The van der Waals surface area contributed by atoms with Crippen LogP contribution in [0.3, 0.4) is 0 Å². The molecular weight excluding hydrogens is 326 g/mol. The van der Waals surface area contributed by atoms with Gasteiger partial charge < -0.3 is 14.5 Å². The summed E-state index contributed by atoms with van der Waals surface area (Å²) in [6.07, 6.45) is 8.67. The Kier molecular flexibility index (Phi) is 5.02. The van der Waals surface area contributed by atoms with Crippen LogP contribution in [0.25, 0.3) is 0 Å². The van der Waals surface area contributed by atoms with Crippen LogP contribution < -0.4 is 0 Å². The van der Waals surface area contributed by atoms with Gasteiger partial charge in [0.1, 0.15) is 0 Å². The zero-order valence-corrected chi connectivity index (χ0v) is 16.2. The van der Waals surface area contributed by atoms with E-state index in [0.717, 1.165) is 44.0 Å². The second kappa shape index (κ2) is 7.28. The molecule has 3 aliphatic rings. The molecule has 5 heteroatoms. The lowest BCUT2D eigenvalue weighted by molar-refractivity contribution is -0.0493. The summed E-state index contributed by atoms with van der Waals surface area (Å²) in [5.74, 6) is 2.08. The number of hydrogen-bond donors (Lipinski definition) is 0. The highest BCUT2D eigenvalue weighted by Gasteiger charge is 2.45. The molecule has 4 rings (SSSR count). The molecule has 0 radical (unpaired) electrons. The fraction of sp³-hybridized carbons (Fsp3) is 0.714. The predicted molar refractivity (Wildman–Crippen MR) is 101 cm³/mol. The number of fused-ring (bicyclic) bond motifs is 1. The number of aromatic nitrogens is 1. The molecule has 1 aromatic heterocycles. The highest BCUT2D eigenvalue weighted by molar-refractivity contribution is 5.94. The Hall–Kier alpha value is -1.46. The maximum absolute atomic E-state index is 12.9. The summed E-state index contributed by atoms with van der Waals surface area (Å²) in [4.78, 5) is 21.5. The number of amides is 1. The summed E-state index contributed by atoms with van der Waals surface area (Å²) < 4.78 is 6.33. The second-order valence-corrected chi connectivity index (χ2v) is 8.80. The number of pyridine rings is 1. The van der Waals surface area contributed by atoms with E-state index >= 15 is 0 Å². The van der Waals surface area contributed by atoms with Crippen molar-refractivity contribution in [1.82, 2.24) is 14.8 Å². The number of carbonyl (C=O) groups is 1. The van der Waals surface area contributed by atoms with Gasteiger partial charge in [-0.1, -0.05) is 0 Å². The molecule has 0 spiro atoms. The Bertz CT molecular complexity index is 658. The van der Waals surface area contributed by atoms with Crippen LogP contribution in [0.5, 0.6) is 0 Å². The summed E-state index contributed by atoms with van der Waals surface area (Å²) in [7, 11) is 4.32. The van der Waals surface area contributed by atoms with Gasteiger partial charge in [-0.2, -0.15) is 0 Å². The van der Waals surface area contributed by atoms with E-state index in [9.17, 15) is 4.79 Å². The molecule has 0 bridgehead atoms. The molecule has 4 atom stereocenters. The molecule has 3 fully saturated rings. The van der Waals surface area contributed by atoms with Gasteiger partial charge >= 0.3 is 0 Å². The van der Waals surface area contributed by atoms with Gasteiger partial charge in [-0.3, -0.25) is 9.78 Å². The number of carbonyl (C=O) groups excluding carboxylic acids is 1. The van der Waals surface area contributed by atoms with Crippen molar-refractivity contribution >= 4 is 5.91 Å². The SMILES string of the molecule is Cc1cncc(C(=O)N2C[C@H]3C[C@@H](N(C)C)[C@H](OCC4CC4)C[C@H]3C2)c1. The average molecular weight is 357 g/mol. The number of likely N-dealkylation sites (tertiary alicyclic amines) is 1. The molecule has 1 saturated heterocycles. The number of rotatable bonds is 5. The van der Waals surface area contributed by atoms with Crippen molar-refractivity contribution in [1.29, 1.82) is 0 Å². The first-order valence-corrected chi connectivity index (χ1v) is 10.00. The number of nitrogens with zero attached hydrogens (tertiary/aromatic N) is 3. The number of hydrogen-bond acceptors (Lipinski definition) is 4. The quantitative estimate of drug-likeness (QED) is 0.813. The van der Waals surface area contributed by atoms with Crippen LogP contribution in [0, 0.1) is 24.7 Å². The normalized spacial score (nSPS) is 31.3. The molecule has 2 aliphatic carbocycles.